The molecule has 0 spiro atoms. The Balaban J connectivity index is 2.14. The Morgan fingerprint density at radius 1 is 1.35 bits per heavy atom. The molecule has 0 aliphatic carbocycles. The molecule has 0 saturated heterocycles. The van der Waals surface area contributed by atoms with E-state index in [-0.39, 0.29) is 17.6 Å². The molecule has 1 aromatic carbocycles. The van der Waals surface area contributed by atoms with Crippen LogP contribution in [-0.4, -0.2) is 26.7 Å². The van der Waals surface area contributed by atoms with Crippen LogP contribution in [0.2, 0.25) is 0 Å². The average Bonchev–Trinajstić information content (AvgIpc) is 2.80. The van der Waals surface area contributed by atoms with Crippen LogP contribution in [0.4, 0.5) is 5.82 Å². The number of nitrogens with two attached hydrogens (primary N) is 2. The van der Waals surface area contributed by atoms with Gasteiger partial charge in [0.05, 0.1) is 12.1 Å². The number of rotatable bonds is 7. The van der Waals surface area contributed by atoms with Gasteiger partial charge in [-0.25, -0.2) is 4.98 Å². The van der Waals surface area contributed by atoms with Crippen LogP contribution in [0.15, 0.2) is 30.3 Å². The van der Waals surface area contributed by atoms with Crippen LogP contribution in [0.3, 0.4) is 0 Å². The number of aliphatic hydroxyl groups excluding tert-OH is 1. The minimum absolute atomic E-state index is 0.0659. The van der Waals surface area contributed by atoms with Crippen molar-refractivity contribution in [3.05, 3.63) is 47.4 Å². The van der Waals surface area contributed by atoms with E-state index in [1.54, 1.807) is 18.4 Å². The maximum Gasteiger partial charge on any atom is 0.271 e. The summed E-state index contributed by atoms with van der Waals surface area (Å²) in [6.07, 6.45) is 1.93. The van der Waals surface area contributed by atoms with E-state index in [0.717, 1.165) is 19.3 Å². The van der Waals surface area contributed by atoms with E-state index < -0.39 is 12.0 Å². The third-order valence-corrected chi connectivity index (χ3v) is 4.05. The van der Waals surface area contributed by atoms with Crippen molar-refractivity contribution in [1.82, 2.24) is 9.55 Å². The van der Waals surface area contributed by atoms with Gasteiger partial charge in [0, 0.05) is 0 Å². The lowest BCUT2D eigenvalue weighted by Crippen LogP contribution is -2.24. The summed E-state index contributed by atoms with van der Waals surface area (Å²) in [5, 5.41) is 10.1. The Kier molecular flexibility index (Phi) is 5.39. The molecule has 23 heavy (non-hydrogen) atoms. The van der Waals surface area contributed by atoms with Crippen molar-refractivity contribution in [2.75, 3.05) is 5.73 Å². The highest BCUT2D eigenvalue weighted by Crippen LogP contribution is 2.27. The number of benzene rings is 1. The number of primary amides is 1. The molecule has 124 valence electrons. The molecule has 2 rings (SSSR count). The highest BCUT2D eigenvalue weighted by atomic mass is 16.3. The molecule has 6 heteroatoms. The predicted molar refractivity (Wildman–Crippen MR) is 90.0 cm³/mol. The van der Waals surface area contributed by atoms with Gasteiger partial charge in [0.15, 0.2) is 5.69 Å². The van der Waals surface area contributed by atoms with Crippen LogP contribution in [0.1, 0.15) is 47.7 Å². The zero-order valence-corrected chi connectivity index (χ0v) is 13.6. The molecule has 1 aromatic heterocycles. The molecule has 5 N–H and O–H groups in total. The molecule has 2 aromatic rings. The summed E-state index contributed by atoms with van der Waals surface area (Å²) in [4.78, 5) is 15.5. The van der Waals surface area contributed by atoms with E-state index >= 15 is 0 Å². The SMILES string of the molecule is Cc1nc(C(N)=O)c(N)n1C(CCCc1ccccc1)C(C)O. The Hall–Kier alpha value is -2.34. The van der Waals surface area contributed by atoms with Gasteiger partial charge in [-0.3, -0.25) is 4.79 Å². The largest absolute Gasteiger partial charge is 0.391 e. The maximum atomic E-state index is 11.4. The number of aryl methyl sites for hydroxylation is 2. The summed E-state index contributed by atoms with van der Waals surface area (Å²) in [5.41, 5.74) is 12.6. The second-order valence-electron chi connectivity index (χ2n) is 5.81. The molecule has 1 heterocycles. The summed E-state index contributed by atoms with van der Waals surface area (Å²) in [5.74, 6) is 0.153. The first-order chi connectivity index (χ1) is 10.9. The van der Waals surface area contributed by atoms with Gasteiger partial charge in [-0.05, 0) is 38.7 Å². The quantitative estimate of drug-likeness (QED) is 0.724. The van der Waals surface area contributed by atoms with Crippen molar-refractivity contribution in [2.45, 2.75) is 45.3 Å². The molecule has 0 radical (unpaired) electrons. The lowest BCUT2D eigenvalue weighted by atomic mass is 10.0. The van der Waals surface area contributed by atoms with Crippen molar-refractivity contribution in [3.8, 4) is 0 Å². The molecule has 0 bridgehead atoms. The van der Waals surface area contributed by atoms with Gasteiger partial charge in [-0.1, -0.05) is 30.3 Å². The van der Waals surface area contributed by atoms with Gasteiger partial charge >= 0.3 is 0 Å². The Morgan fingerprint density at radius 2 is 2.00 bits per heavy atom. The number of aromatic nitrogens is 2. The van der Waals surface area contributed by atoms with Crippen LogP contribution in [0.25, 0.3) is 0 Å². The second kappa shape index (κ2) is 7.28. The maximum absolute atomic E-state index is 11.4. The van der Waals surface area contributed by atoms with Gasteiger partial charge in [0.25, 0.3) is 5.91 Å². The summed E-state index contributed by atoms with van der Waals surface area (Å²) in [6, 6.07) is 9.94. The summed E-state index contributed by atoms with van der Waals surface area (Å²) < 4.78 is 1.72. The highest BCUT2D eigenvalue weighted by Gasteiger charge is 2.25. The Bertz CT molecular complexity index is 665. The zero-order valence-electron chi connectivity index (χ0n) is 13.6. The van der Waals surface area contributed by atoms with Gasteiger partial charge in [-0.15, -0.1) is 0 Å². The Labute approximate surface area is 136 Å². The van der Waals surface area contributed by atoms with Crippen LogP contribution in [0.5, 0.6) is 0 Å². The van der Waals surface area contributed by atoms with E-state index in [0.29, 0.717) is 5.82 Å². The lowest BCUT2D eigenvalue weighted by Gasteiger charge is -2.24. The first-order valence-corrected chi connectivity index (χ1v) is 7.78. The average molecular weight is 316 g/mol. The number of carbonyl (C=O) groups excluding carboxylic acids is 1. The molecule has 0 fully saturated rings. The number of nitrogen functional groups attached to an aromatic ring is 1. The predicted octanol–water partition coefficient (Wildman–Crippen LogP) is 1.82. The topological polar surface area (TPSA) is 107 Å². The fourth-order valence-electron chi connectivity index (χ4n) is 2.91. The first kappa shape index (κ1) is 17.0. The summed E-state index contributed by atoms with van der Waals surface area (Å²) in [6.45, 7) is 3.48. The van der Waals surface area contributed by atoms with Crippen molar-refractivity contribution < 1.29 is 9.90 Å². The number of amides is 1. The molecular formula is C17H24N4O2. The van der Waals surface area contributed by atoms with Gasteiger partial charge in [-0.2, -0.15) is 0 Å². The van der Waals surface area contributed by atoms with Gasteiger partial charge < -0.3 is 21.1 Å². The number of hydrogen-bond acceptors (Lipinski definition) is 4. The van der Waals surface area contributed by atoms with Gasteiger partial charge in [0.1, 0.15) is 11.6 Å². The lowest BCUT2D eigenvalue weighted by molar-refractivity contribution is 0.0996. The molecule has 0 aliphatic heterocycles. The first-order valence-electron chi connectivity index (χ1n) is 7.78. The molecule has 0 saturated carbocycles. The number of anilines is 1. The zero-order chi connectivity index (χ0) is 17.0. The minimum atomic E-state index is -0.655. The van der Waals surface area contributed by atoms with Gasteiger partial charge in [0.2, 0.25) is 0 Å². The van der Waals surface area contributed by atoms with Crippen molar-refractivity contribution in [1.29, 1.82) is 0 Å². The van der Waals surface area contributed by atoms with Crippen molar-refractivity contribution in [2.24, 2.45) is 5.73 Å². The molecule has 2 atom stereocenters. The highest BCUT2D eigenvalue weighted by molar-refractivity contribution is 5.95. The standard InChI is InChI=1S/C17H24N4O2/c1-11(22)14(10-6-9-13-7-4-3-5-8-13)21-12(2)20-15(16(21)18)17(19)23/h3-5,7-8,11,14,22H,6,9-10,18H2,1-2H3,(H2,19,23). The van der Waals surface area contributed by atoms with Crippen LogP contribution in [-0.2, 0) is 6.42 Å². The molecule has 0 aliphatic rings. The fraction of sp³-hybridized carbons (Fsp3) is 0.412. The smallest absolute Gasteiger partial charge is 0.271 e. The molecule has 6 nitrogen and oxygen atoms in total. The van der Waals surface area contributed by atoms with E-state index in [9.17, 15) is 9.90 Å². The van der Waals surface area contributed by atoms with Crippen molar-refractivity contribution in [3.63, 3.8) is 0 Å². The second-order valence-corrected chi connectivity index (χ2v) is 5.81. The van der Waals surface area contributed by atoms with Crippen molar-refractivity contribution >= 4 is 11.7 Å². The van der Waals surface area contributed by atoms with E-state index in [1.165, 1.54) is 5.56 Å². The van der Waals surface area contributed by atoms with Crippen LogP contribution in [0, 0.1) is 6.92 Å². The van der Waals surface area contributed by atoms with E-state index in [1.807, 2.05) is 18.2 Å². The fourth-order valence-corrected chi connectivity index (χ4v) is 2.91. The minimum Gasteiger partial charge on any atom is -0.391 e. The number of imidazole rings is 1. The van der Waals surface area contributed by atoms with E-state index in [2.05, 4.69) is 17.1 Å². The summed E-state index contributed by atoms with van der Waals surface area (Å²) >= 11 is 0. The normalized spacial score (nSPS) is 13.7. The number of aliphatic hydroxyl groups is 1. The van der Waals surface area contributed by atoms with Crippen LogP contribution >= 0.6 is 0 Å². The Morgan fingerprint density at radius 3 is 2.52 bits per heavy atom. The van der Waals surface area contributed by atoms with Crippen LogP contribution < -0.4 is 11.5 Å². The summed E-state index contributed by atoms with van der Waals surface area (Å²) in [7, 11) is 0. The van der Waals surface area contributed by atoms with E-state index in [4.69, 9.17) is 11.5 Å². The number of nitrogens with zero attached hydrogens (tertiary/aromatic N) is 2. The monoisotopic (exact) mass is 316 g/mol. The number of hydrogen-bond donors (Lipinski definition) is 3. The number of carbonyl (C=O) groups is 1. The molecule has 2 unspecified atom stereocenters. The third-order valence-electron chi connectivity index (χ3n) is 4.05. The molecular weight excluding hydrogens is 292 g/mol. The molecule has 1 amide bonds. The third kappa shape index (κ3) is 3.90.